The highest BCUT2D eigenvalue weighted by atomic mass is 19.4. The Morgan fingerprint density at radius 3 is 2.74 bits per heavy atom. The summed E-state index contributed by atoms with van der Waals surface area (Å²) in [6, 6.07) is 4.08. The van der Waals surface area contributed by atoms with Gasteiger partial charge in [0.15, 0.2) is 0 Å². The lowest BCUT2D eigenvalue weighted by molar-refractivity contribution is -0.137. The Hall–Kier alpha value is -2.78. The lowest BCUT2D eigenvalue weighted by Crippen LogP contribution is -2.46. The number of benzene rings is 1. The van der Waals surface area contributed by atoms with E-state index < -0.39 is 23.6 Å². The lowest BCUT2D eigenvalue weighted by Gasteiger charge is -2.35. The summed E-state index contributed by atoms with van der Waals surface area (Å²) in [4.78, 5) is 29.5. The van der Waals surface area contributed by atoms with Gasteiger partial charge in [0.2, 0.25) is 5.91 Å². The van der Waals surface area contributed by atoms with Gasteiger partial charge in [-0.25, -0.2) is 0 Å². The Kier molecular flexibility index (Phi) is 7.40. The lowest BCUT2D eigenvalue weighted by atomic mass is 9.90. The molecule has 2 fully saturated rings. The molecule has 3 atom stereocenters. The number of rotatable bonds is 6. The van der Waals surface area contributed by atoms with Crippen molar-refractivity contribution in [1.29, 1.82) is 0 Å². The van der Waals surface area contributed by atoms with E-state index in [1.807, 2.05) is 0 Å². The van der Waals surface area contributed by atoms with Gasteiger partial charge in [-0.3, -0.25) is 14.5 Å². The minimum absolute atomic E-state index is 0.0556. The predicted octanol–water partition coefficient (Wildman–Crippen LogP) is 3.25. The van der Waals surface area contributed by atoms with Crippen molar-refractivity contribution < 1.29 is 22.8 Å². The Bertz CT molecular complexity index is 856. The van der Waals surface area contributed by atoms with E-state index in [0.29, 0.717) is 6.54 Å². The van der Waals surface area contributed by atoms with E-state index >= 15 is 0 Å². The molecule has 168 valence electrons. The first kappa shape index (κ1) is 22.9. The third-order valence-electron chi connectivity index (χ3n) is 5.81. The van der Waals surface area contributed by atoms with Crippen molar-refractivity contribution in [1.82, 2.24) is 15.5 Å². The Labute approximate surface area is 177 Å². The van der Waals surface area contributed by atoms with Crippen molar-refractivity contribution in [3.05, 3.63) is 45.8 Å². The highest BCUT2D eigenvalue weighted by Gasteiger charge is 2.34. The molecule has 1 saturated carbocycles. The van der Waals surface area contributed by atoms with Crippen molar-refractivity contribution in [3.63, 3.8) is 0 Å². The zero-order valence-corrected chi connectivity index (χ0v) is 16.9. The fourth-order valence-electron chi connectivity index (χ4n) is 4.30. The summed E-state index contributed by atoms with van der Waals surface area (Å²) in [5, 5.41) is 9.15. The quantitative estimate of drug-likeness (QED) is 0.404. The average molecular weight is 438 g/mol. The van der Waals surface area contributed by atoms with Gasteiger partial charge in [-0.2, -0.15) is 13.2 Å². The van der Waals surface area contributed by atoms with Gasteiger partial charge >= 0.3 is 6.18 Å². The van der Waals surface area contributed by atoms with Crippen LogP contribution in [-0.2, 0) is 11.0 Å². The van der Waals surface area contributed by atoms with Crippen LogP contribution in [0.2, 0.25) is 0 Å². The summed E-state index contributed by atoms with van der Waals surface area (Å²) in [5.41, 5.74) is 7.71. The van der Waals surface area contributed by atoms with E-state index in [0.717, 1.165) is 56.8 Å². The van der Waals surface area contributed by atoms with Gasteiger partial charge in [0, 0.05) is 35.6 Å². The molecule has 1 aliphatic carbocycles. The fraction of sp³-hybridized carbons (Fsp3) is 0.600. The van der Waals surface area contributed by atoms with E-state index in [1.165, 1.54) is 6.07 Å². The zero-order valence-electron chi connectivity index (χ0n) is 16.9. The molecule has 1 unspecified atom stereocenters. The number of hydrogen-bond acceptors (Lipinski definition) is 4. The van der Waals surface area contributed by atoms with E-state index in [1.54, 1.807) is 0 Å². The molecule has 2 N–H and O–H groups in total. The molecule has 11 heteroatoms. The maximum atomic E-state index is 12.8. The maximum Gasteiger partial charge on any atom is 0.416 e. The number of halogens is 3. The maximum absolute atomic E-state index is 12.8. The first-order valence-corrected chi connectivity index (χ1v) is 10.3. The molecule has 1 heterocycles. The molecule has 8 nitrogen and oxygen atoms in total. The van der Waals surface area contributed by atoms with Gasteiger partial charge in [0.05, 0.1) is 18.2 Å². The van der Waals surface area contributed by atoms with Crippen molar-refractivity contribution in [2.24, 2.45) is 5.11 Å². The van der Waals surface area contributed by atoms with Crippen LogP contribution in [0.3, 0.4) is 0 Å². The van der Waals surface area contributed by atoms with Gasteiger partial charge < -0.3 is 10.6 Å². The number of nitrogens with zero attached hydrogens (tertiary/aromatic N) is 4. The number of azide groups is 1. The Morgan fingerprint density at radius 2 is 2.00 bits per heavy atom. The molecular weight excluding hydrogens is 413 g/mol. The summed E-state index contributed by atoms with van der Waals surface area (Å²) in [6.07, 6.45) is 0.142. The van der Waals surface area contributed by atoms with Crippen LogP contribution in [0.15, 0.2) is 29.4 Å². The van der Waals surface area contributed by atoms with Gasteiger partial charge in [-0.1, -0.05) is 24.0 Å². The first-order chi connectivity index (χ1) is 14.8. The van der Waals surface area contributed by atoms with Crippen LogP contribution in [0.1, 0.15) is 48.0 Å². The van der Waals surface area contributed by atoms with Gasteiger partial charge in [0.25, 0.3) is 5.91 Å². The van der Waals surface area contributed by atoms with Crippen molar-refractivity contribution in [3.8, 4) is 0 Å². The number of alkyl halides is 3. The van der Waals surface area contributed by atoms with E-state index in [9.17, 15) is 22.8 Å². The van der Waals surface area contributed by atoms with Crippen LogP contribution >= 0.6 is 0 Å². The molecule has 3 rings (SSSR count). The highest BCUT2D eigenvalue weighted by Crippen LogP contribution is 2.30. The molecule has 0 radical (unpaired) electrons. The molecule has 0 bridgehead atoms. The number of carbonyl (C=O) groups is 2. The SMILES string of the molecule is [N-]=[N+]=NC1CCCC[C@H]1N1CC[C@@H](NC(=O)CNC(=O)c2cccc(C(F)(F)F)c2)C1. The minimum Gasteiger partial charge on any atom is -0.350 e. The standard InChI is InChI=1S/C20H25F3N6O2/c21-20(22,23)14-5-3-4-13(10-14)19(31)25-11-18(30)26-15-8-9-29(12-15)17-7-2-1-6-16(17)27-28-24/h3-5,10,15-17H,1-2,6-9,11-12H2,(H,25,31)(H,26,30)/t15-,16?,17-/m1/s1. The first-order valence-electron chi connectivity index (χ1n) is 10.3. The Morgan fingerprint density at radius 1 is 1.23 bits per heavy atom. The van der Waals surface area contributed by atoms with Gasteiger partial charge in [-0.05, 0) is 43.0 Å². The highest BCUT2D eigenvalue weighted by molar-refractivity contribution is 5.96. The van der Waals surface area contributed by atoms with E-state index in [2.05, 4.69) is 25.6 Å². The monoisotopic (exact) mass is 438 g/mol. The largest absolute Gasteiger partial charge is 0.416 e. The van der Waals surface area contributed by atoms with Crippen LogP contribution in [0.4, 0.5) is 13.2 Å². The minimum atomic E-state index is -4.54. The zero-order chi connectivity index (χ0) is 22.4. The summed E-state index contributed by atoms with van der Waals surface area (Å²) in [5.74, 6) is -1.14. The van der Waals surface area contributed by atoms with Crippen LogP contribution in [0.5, 0.6) is 0 Å². The van der Waals surface area contributed by atoms with Crippen LogP contribution in [0, 0.1) is 0 Å². The third kappa shape index (κ3) is 6.11. The molecule has 1 saturated heterocycles. The number of likely N-dealkylation sites (tertiary alicyclic amines) is 1. The molecule has 2 aliphatic rings. The van der Waals surface area contributed by atoms with Crippen molar-refractivity contribution in [2.75, 3.05) is 19.6 Å². The number of carbonyl (C=O) groups excluding carboxylic acids is 2. The molecule has 2 amide bonds. The van der Waals surface area contributed by atoms with Crippen LogP contribution < -0.4 is 10.6 Å². The molecule has 1 aromatic carbocycles. The average Bonchev–Trinajstić information content (AvgIpc) is 3.20. The van der Waals surface area contributed by atoms with Gasteiger partial charge in [0.1, 0.15) is 0 Å². The third-order valence-corrected chi connectivity index (χ3v) is 5.81. The summed E-state index contributed by atoms with van der Waals surface area (Å²) in [7, 11) is 0. The van der Waals surface area contributed by atoms with Crippen LogP contribution in [-0.4, -0.2) is 54.5 Å². The second-order valence-corrected chi connectivity index (χ2v) is 7.93. The number of nitrogens with one attached hydrogen (secondary N) is 2. The molecule has 31 heavy (non-hydrogen) atoms. The van der Waals surface area contributed by atoms with E-state index in [-0.39, 0.29) is 30.2 Å². The molecule has 1 aliphatic heterocycles. The molecule has 0 spiro atoms. The van der Waals surface area contributed by atoms with Crippen molar-refractivity contribution >= 4 is 11.8 Å². The molecule has 0 aromatic heterocycles. The van der Waals surface area contributed by atoms with Crippen LogP contribution in [0.25, 0.3) is 10.4 Å². The number of hydrogen-bond donors (Lipinski definition) is 2. The second-order valence-electron chi connectivity index (χ2n) is 7.93. The fourth-order valence-corrected chi connectivity index (χ4v) is 4.30. The topological polar surface area (TPSA) is 110 Å². The van der Waals surface area contributed by atoms with E-state index in [4.69, 9.17) is 5.53 Å². The normalized spacial score (nSPS) is 24.3. The second kappa shape index (κ2) is 10.0. The predicted molar refractivity (Wildman–Crippen MR) is 107 cm³/mol. The van der Waals surface area contributed by atoms with Gasteiger partial charge in [-0.15, -0.1) is 0 Å². The smallest absolute Gasteiger partial charge is 0.350 e. The molecule has 1 aromatic rings. The number of amides is 2. The Balaban J connectivity index is 1.47. The summed E-state index contributed by atoms with van der Waals surface area (Å²) >= 11 is 0. The summed E-state index contributed by atoms with van der Waals surface area (Å²) < 4.78 is 38.3. The molecular formula is C20H25F3N6O2. The van der Waals surface area contributed by atoms with Crippen molar-refractivity contribution in [2.45, 2.75) is 56.4 Å². The summed E-state index contributed by atoms with van der Waals surface area (Å²) in [6.45, 7) is 1.09.